The van der Waals surface area contributed by atoms with Crippen molar-refractivity contribution in [2.45, 2.75) is 45.7 Å². The third-order valence-electron chi connectivity index (χ3n) is 5.97. The minimum atomic E-state index is -4.37. The molecular weight excluding hydrogens is 491 g/mol. The van der Waals surface area contributed by atoms with Crippen LogP contribution < -0.4 is 4.90 Å². The van der Waals surface area contributed by atoms with Gasteiger partial charge >= 0.3 is 12.1 Å². The number of anilines is 1. The average molecular weight is 518 g/mol. The van der Waals surface area contributed by atoms with Crippen molar-refractivity contribution in [1.82, 2.24) is 10.1 Å². The van der Waals surface area contributed by atoms with Crippen molar-refractivity contribution in [3.63, 3.8) is 0 Å². The Labute approximate surface area is 210 Å². The fourth-order valence-corrected chi connectivity index (χ4v) is 5.38. The number of carboxylic acid groups (broad SMARTS) is 1. The molecule has 0 aliphatic carbocycles. The van der Waals surface area contributed by atoms with E-state index in [0.29, 0.717) is 29.0 Å². The zero-order chi connectivity index (χ0) is 26.2. The Balaban J connectivity index is 1.57. The Morgan fingerprint density at radius 1 is 1.17 bits per heavy atom. The van der Waals surface area contributed by atoms with Crippen LogP contribution in [0.5, 0.6) is 0 Å². The molecule has 0 saturated heterocycles. The molecule has 0 radical (unpaired) electrons. The summed E-state index contributed by atoms with van der Waals surface area (Å²) in [7, 11) is 1.71. The van der Waals surface area contributed by atoms with Crippen LogP contribution in [0.2, 0.25) is 0 Å². The second kappa shape index (κ2) is 9.93. The summed E-state index contributed by atoms with van der Waals surface area (Å²) >= 11 is 1.48. The number of aromatic nitrogens is 2. The summed E-state index contributed by atoms with van der Waals surface area (Å²) in [6.07, 6.45) is -3.11. The van der Waals surface area contributed by atoms with Gasteiger partial charge < -0.3 is 14.5 Å². The SMILES string of the molecule is Cc1cc2c(CCc3sc(-c4ccc(C(F)(F)F)cc4)nc3C(C)C)noc2cc1N(C)CC(=O)O. The summed E-state index contributed by atoms with van der Waals surface area (Å²) in [5.41, 5.74) is 3.96. The first-order chi connectivity index (χ1) is 16.9. The van der Waals surface area contributed by atoms with Crippen LogP contribution in [-0.2, 0) is 23.8 Å². The number of aryl methyl sites for hydroxylation is 3. The first-order valence-electron chi connectivity index (χ1n) is 11.4. The van der Waals surface area contributed by atoms with Crippen LogP contribution in [0.1, 0.15) is 47.2 Å². The summed E-state index contributed by atoms with van der Waals surface area (Å²) < 4.78 is 44.3. The molecule has 2 heterocycles. The number of fused-ring (bicyclic) bond motifs is 1. The Morgan fingerprint density at radius 2 is 1.86 bits per heavy atom. The number of hydrogen-bond donors (Lipinski definition) is 1. The number of alkyl halides is 3. The molecule has 0 unspecified atom stereocenters. The number of benzene rings is 2. The van der Waals surface area contributed by atoms with Gasteiger partial charge in [0.25, 0.3) is 0 Å². The van der Waals surface area contributed by atoms with Crippen LogP contribution in [0, 0.1) is 6.92 Å². The summed E-state index contributed by atoms with van der Waals surface area (Å²) in [6.45, 7) is 5.87. The highest BCUT2D eigenvalue weighted by Crippen LogP contribution is 2.36. The first-order valence-corrected chi connectivity index (χ1v) is 12.2. The number of nitrogens with zero attached hydrogens (tertiary/aromatic N) is 3. The number of hydrogen-bond acceptors (Lipinski definition) is 6. The molecule has 2 aromatic heterocycles. The van der Waals surface area contributed by atoms with Gasteiger partial charge in [-0.3, -0.25) is 4.79 Å². The van der Waals surface area contributed by atoms with Crippen LogP contribution in [0.15, 0.2) is 40.9 Å². The molecule has 0 aliphatic rings. The van der Waals surface area contributed by atoms with Gasteiger partial charge in [0, 0.05) is 34.6 Å². The van der Waals surface area contributed by atoms with Gasteiger partial charge in [0.15, 0.2) is 5.58 Å². The molecule has 0 spiro atoms. The van der Waals surface area contributed by atoms with Crippen molar-refractivity contribution in [2.24, 2.45) is 0 Å². The number of aliphatic carboxylic acids is 1. The van der Waals surface area contributed by atoms with Gasteiger partial charge in [-0.05, 0) is 49.4 Å². The lowest BCUT2D eigenvalue weighted by molar-refractivity contribution is -0.137. The van der Waals surface area contributed by atoms with E-state index in [9.17, 15) is 18.0 Å². The highest BCUT2D eigenvalue weighted by molar-refractivity contribution is 7.15. The van der Waals surface area contributed by atoms with Gasteiger partial charge in [0.05, 0.1) is 17.0 Å². The molecule has 4 aromatic rings. The number of carbonyl (C=O) groups is 1. The second-order valence-electron chi connectivity index (χ2n) is 9.07. The van der Waals surface area contributed by atoms with E-state index in [-0.39, 0.29) is 12.5 Å². The third-order valence-corrected chi connectivity index (χ3v) is 7.15. The lowest BCUT2D eigenvalue weighted by Crippen LogP contribution is -2.25. The standard InChI is InChI=1S/C26H26F3N3O3S/c1-14(2)24-22(36-25(30-24)16-5-7-17(8-6-16)26(27,28)29)10-9-19-18-11-15(3)20(12-21(18)35-31-19)32(4)13-23(33)34/h5-8,11-12,14H,9-10,13H2,1-4H3,(H,33,34). The molecule has 0 saturated carbocycles. The lowest BCUT2D eigenvalue weighted by atomic mass is 10.0. The molecule has 0 aliphatic heterocycles. The van der Waals surface area contributed by atoms with Crippen LogP contribution in [0.3, 0.4) is 0 Å². The molecule has 190 valence electrons. The van der Waals surface area contributed by atoms with E-state index in [1.54, 1.807) is 18.0 Å². The molecule has 2 aromatic carbocycles. The van der Waals surface area contributed by atoms with Crippen molar-refractivity contribution in [1.29, 1.82) is 0 Å². The molecule has 6 nitrogen and oxygen atoms in total. The lowest BCUT2D eigenvalue weighted by Gasteiger charge is -2.18. The van der Waals surface area contributed by atoms with Gasteiger partial charge in [-0.25, -0.2) is 4.98 Å². The fourth-order valence-electron chi connectivity index (χ4n) is 4.16. The molecule has 0 fully saturated rings. The van der Waals surface area contributed by atoms with Crippen molar-refractivity contribution < 1.29 is 27.6 Å². The molecule has 0 bridgehead atoms. The van der Waals surface area contributed by atoms with E-state index >= 15 is 0 Å². The van der Waals surface area contributed by atoms with E-state index in [2.05, 4.69) is 5.16 Å². The minimum absolute atomic E-state index is 0.127. The molecule has 10 heteroatoms. The topological polar surface area (TPSA) is 79.5 Å². The molecule has 4 rings (SSSR count). The van der Waals surface area contributed by atoms with Crippen LogP contribution >= 0.6 is 11.3 Å². The largest absolute Gasteiger partial charge is 0.480 e. The van der Waals surface area contributed by atoms with Crippen molar-refractivity contribution >= 4 is 34.0 Å². The Kier molecular flexibility index (Phi) is 7.08. The summed E-state index contributed by atoms with van der Waals surface area (Å²) in [5.74, 6) is -0.764. The van der Waals surface area contributed by atoms with Gasteiger partial charge in [-0.1, -0.05) is 31.1 Å². The number of rotatable bonds is 8. The zero-order valence-corrected chi connectivity index (χ0v) is 21.1. The second-order valence-corrected chi connectivity index (χ2v) is 10.2. The fraction of sp³-hybridized carbons (Fsp3) is 0.346. The van der Waals surface area contributed by atoms with Crippen LogP contribution in [0.4, 0.5) is 18.9 Å². The highest BCUT2D eigenvalue weighted by atomic mass is 32.1. The normalized spacial score (nSPS) is 12.0. The van der Waals surface area contributed by atoms with Crippen LogP contribution in [-0.4, -0.2) is 34.8 Å². The summed E-state index contributed by atoms with van der Waals surface area (Å²) in [6, 6.07) is 8.84. The first kappa shape index (κ1) is 25.7. The summed E-state index contributed by atoms with van der Waals surface area (Å²) in [5, 5.41) is 14.9. The number of likely N-dealkylation sites (N-methyl/N-ethyl adjacent to an activating group) is 1. The average Bonchev–Trinajstić information content (AvgIpc) is 3.40. The van der Waals surface area contributed by atoms with E-state index in [1.807, 2.05) is 26.8 Å². The molecule has 36 heavy (non-hydrogen) atoms. The van der Waals surface area contributed by atoms with Crippen molar-refractivity contribution in [3.05, 3.63) is 63.8 Å². The minimum Gasteiger partial charge on any atom is -0.480 e. The maximum Gasteiger partial charge on any atom is 0.416 e. The van der Waals surface area contributed by atoms with E-state index < -0.39 is 17.7 Å². The van der Waals surface area contributed by atoms with Crippen molar-refractivity contribution in [3.8, 4) is 10.6 Å². The van der Waals surface area contributed by atoms with Crippen LogP contribution in [0.25, 0.3) is 21.5 Å². The molecular formula is C26H26F3N3O3S. The van der Waals surface area contributed by atoms with Gasteiger partial charge in [-0.2, -0.15) is 13.2 Å². The molecule has 0 atom stereocenters. The predicted molar refractivity (Wildman–Crippen MR) is 134 cm³/mol. The Morgan fingerprint density at radius 3 is 2.47 bits per heavy atom. The summed E-state index contributed by atoms with van der Waals surface area (Å²) in [4.78, 5) is 18.5. The van der Waals surface area contributed by atoms with Gasteiger partial charge in [-0.15, -0.1) is 11.3 Å². The monoisotopic (exact) mass is 517 g/mol. The maximum absolute atomic E-state index is 12.9. The highest BCUT2D eigenvalue weighted by Gasteiger charge is 2.30. The van der Waals surface area contributed by atoms with Gasteiger partial charge in [0.1, 0.15) is 11.6 Å². The van der Waals surface area contributed by atoms with E-state index in [4.69, 9.17) is 14.6 Å². The maximum atomic E-state index is 12.9. The Bertz CT molecular complexity index is 1390. The zero-order valence-electron chi connectivity index (χ0n) is 20.3. The predicted octanol–water partition coefficient (Wildman–Crippen LogP) is 6.71. The molecule has 0 amide bonds. The molecule has 1 N–H and O–H groups in total. The third kappa shape index (κ3) is 5.38. The van der Waals surface area contributed by atoms with E-state index in [1.165, 1.54) is 23.5 Å². The van der Waals surface area contributed by atoms with Gasteiger partial charge in [0.2, 0.25) is 0 Å². The number of carboxylic acids is 1. The van der Waals surface area contributed by atoms with Crippen molar-refractivity contribution in [2.75, 3.05) is 18.5 Å². The number of thiazole rings is 1. The van der Waals surface area contributed by atoms with E-state index in [0.717, 1.165) is 45.0 Å². The quantitative estimate of drug-likeness (QED) is 0.280. The smallest absolute Gasteiger partial charge is 0.416 e. The Hall–Kier alpha value is -3.40. The number of halogens is 3.